The Bertz CT molecular complexity index is 2780. The Balaban J connectivity index is 3.36. The van der Waals surface area contributed by atoms with E-state index in [1.54, 1.807) is 27.7 Å². The number of aromatic nitrogens is 2. The number of nitrogens with one attached hydrogen (secondary N) is 12. The summed E-state index contributed by atoms with van der Waals surface area (Å²) < 4.78 is 0. The zero-order valence-corrected chi connectivity index (χ0v) is 57.4. The second kappa shape index (κ2) is 44.1. The average Bonchev–Trinajstić information content (AvgIpc) is 1.61. The molecule has 0 unspecified atom stereocenters. The fourth-order valence-corrected chi connectivity index (χ4v) is 9.45. The number of guanidine groups is 3. The van der Waals surface area contributed by atoms with Gasteiger partial charge >= 0.3 is 0 Å². The summed E-state index contributed by atoms with van der Waals surface area (Å²) in [7, 11) is 0. The van der Waals surface area contributed by atoms with Crippen molar-refractivity contribution in [3.05, 3.63) is 18.2 Å². The predicted octanol–water partition coefficient (Wildman–Crippen LogP) is -6.68. The maximum absolute atomic E-state index is 14.4. The summed E-state index contributed by atoms with van der Waals surface area (Å²) in [6.07, 6.45) is 3.69. The van der Waals surface area contributed by atoms with E-state index in [4.69, 9.17) is 45.9 Å². The van der Waals surface area contributed by atoms with E-state index in [1.165, 1.54) is 33.3 Å². The highest BCUT2D eigenvalue weighted by Crippen LogP contribution is 2.13. The highest BCUT2D eigenvalue weighted by molar-refractivity contribution is 7.80. The van der Waals surface area contributed by atoms with Crippen molar-refractivity contribution < 1.29 is 57.5 Å². The van der Waals surface area contributed by atoms with E-state index in [-0.39, 0.29) is 112 Å². The minimum absolute atomic E-state index is 0.0253. The molecule has 0 aromatic carbocycles. The molecule has 0 saturated carbocycles. The molecule has 36 nitrogen and oxygen atoms in total. The lowest BCUT2D eigenvalue weighted by Crippen LogP contribution is -2.61. The van der Waals surface area contributed by atoms with E-state index in [1.807, 2.05) is 13.8 Å². The zero-order chi connectivity index (χ0) is 72.2. The normalized spacial score (nSPS) is 15.2. The molecule has 1 aromatic rings. The van der Waals surface area contributed by atoms with E-state index >= 15 is 0 Å². The van der Waals surface area contributed by atoms with Crippen molar-refractivity contribution in [2.75, 3.05) is 31.1 Å². The third-order valence-electron chi connectivity index (χ3n) is 14.5. The third kappa shape index (κ3) is 33.3. The van der Waals surface area contributed by atoms with E-state index in [0.717, 1.165) is 0 Å². The zero-order valence-electron chi connectivity index (χ0n) is 55.6. The highest BCUT2D eigenvalue weighted by atomic mass is 32.1. The summed E-state index contributed by atoms with van der Waals surface area (Å²) in [6.45, 7) is 14.9. The third-order valence-corrected chi connectivity index (χ3v) is 15.2. The lowest BCUT2D eigenvalue weighted by atomic mass is 9.97. The topological polar surface area (TPSA) is 611 Å². The molecule has 0 saturated heterocycles. The van der Waals surface area contributed by atoms with Gasteiger partial charge in [0.2, 0.25) is 70.9 Å². The van der Waals surface area contributed by atoms with Gasteiger partial charge in [-0.3, -0.25) is 72.5 Å². The number of rotatable bonds is 45. The molecule has 1 rings (SSSR count). The lowest BCUT2D eigenvalue weighted by molar-refractivity contribution is -0.136. The van der Waals surface area contributed by atoms with Crippen LogP contribution >= 0.6 is 25.3 Å². The van der Waals surface area contributed by atoms with Crippen LogP contribution in [0.4, 0.5) is 0 Å². The molecule has 536 valence electrons. The fourth-order valence-electron chi connectivity index (χ4n) is 8.93. The number of hydrogen-bond acceptors (Lipinski definition) is 19. The van der Waals surface area contributed by atoms with Crippen molar-refractivity contribution in [2.45, 2.75) is 199 Å². The Labute approximate surface area is 564 Å². The molecule has 38 heteroatoms. The molecule has 0 spiro atoms. The molecular formula is C57H104N24O12S2. The Morgan fingerprint density at radius 2 is 0.789 bits per heavy atom. The summed E-state index contributed by atoms with van der Waals surface area (Å²) in [4.78, 5) is 182. The van der Waals surface area contributed by atoms with Crippen LogP contribution in [0, 0.1) is 17.8 Å². The van der Waals surface area contributed by atoms with Crippen molar-refractivity contribution in [1.82, 2.24) is 68.5 Å². The molecule has 12 amide bonds. The van der Waals surface area contributed by atoms with Gasteiger partial charge in [0.1, 0.15) is 66.5 Å². The maximum Gasteiger partial charge on any atom is 0.244 e. The van der Waals surface area contributed by atoms with Gasteiger partial charge in [0, 0.05) is 49.5 Å². The first-order chi connectivity index (χ1) is 44.5. The minimum Gasteiger partial charge on any atom is -0.370 e. The minimum atomic E-state index is -1.42. The molecule has 0 radical (unpaired) electrons. The van der Waals surface area contributed by atoms with Crippen molar-refractivity contribution in [3.8, 4) is 0 Å². The quantitative estimate of drug-likeness (QED) is 0.0125. The Morgan fingerprint density at radius 3 is 1.21 bits per heavy atom. The number of nitrogens with zero attached hydrogens (tertiary/aromatic N) is 4. The second-order valence-electron chi connectivity index (χ2n) is 23.8. The van der Waals surface area contributed by atoms with Crippen LogP contribution in [0.5, 0.6) is 0 Å². The summed E-state index contributed by atoms with van der Waals surface area (Å²) in [5.74, 6) is -11.5. The summed E-state index contributed by atoms with van der Waals surface area (Å²) >= 11 is 8.46. The van der Waals surface area contributed by atoms with Gasteiger partial charge in [-0.15, -0.1) is 0 Å². The van der Waals surface area contributed by atoms with Crippen LogP contribution < -0.4 is 104 Å². The number of amides is 12. The first kappa shape index (κ1) is 84.3. The largest absolute Gasteiger partial charge is 0.370 e. The van der Waals surface area contributed by atoms with Gasteiger partial charge in [-0.25, -0.2) is 4.98 Å². The predicted molar refractivity (Wildman–Crippen MR) is 364 cm³/mol. The molecule has 0 aliphatic carbocycles. The molecule has 13 atom stereocenters. The van der Waals surface area contributed by atoms with Gasteiger partial charge in [-0.05, 0) is 89.9 Å². The SMILES string of the molecule is CC[C@H](C)[C@H](NC(=O)[C@H](C)NC(=O)[C@H](CC(C)C)NC(=O)[C@H](CS)NC(=O)[C@H](Cc1cnc[nH]1)NC(=O)[C@H](C)NC(=O)[C@H](C)NC(=O)[C@H](CS)NC(=O)[C@@H](N)CC(C)C)C(=O)N[C@@H](CCCN=C(N)N)C(=O)N[C@@H](CCCN=C(N)N)C(=O)N[C@@H](CCCN=C(N)N)C(N)=O. The molecular weight excluding hydrogens is 1280 g/mol. The standard InChI is InChI=1S/C57H104N24O12S2/c1-10-29(6)42(54(93)76-37(16-13-19-69-57(64)65)49(88)75-36(15-12-18-68-56(62)63)48(87)74-35(43(59)82)14-11-17-67-55(60)61)81-46(85)32(9)72-50(89)38(21-28(4)5)78-53(92)41(25-95)80-51(90)39(22-33-23-66-26-70-33)77-45(84)31(8)71-44(83)30(7)73-52(91)40(24-94)79-47(86)34(58)20-27(2)3/h23,26-32,34-42,94-95H,10-22,24-25,58H2,1-9H3,(H2,59,82)(H,66,70)(H,71,83)(H,72,89)(H,73,91)(H,74,87)(H,75,88)(H,76,93)(H,77,84)(H,78,92)(H,79,86)(H,80,90)(H,81,85)(H4,60,61,67)(H4,62,63,68)(H4,64,65,69)/t29-,30-,31-,32-,34-,35-,36-,37-,38-,39-,40-,41-,42-/m0/s1. The van der Waals surface area contributed by atoms with E-state index < -0.39 is 149 Å². The Morgan fingerprint density at radius 1 is 0.442 bits per heavy atom. The highest BCUT2D eigenvalue weighted by Gasteiger charge is 2.36. The summed E-state index contributed by atoms with van der Waals surface area (Å²) in [6, 6.07) is -15.3. The van der Waals surface area contributed by atoms with Crippen LogP contribution in [0.2, 0.25) is 0 Å². The number of carbonyl (C=O) groups excluding carboxylic acids is 12. The van der Waals surface area contributed by atoms with Crippen molar-refractivity contribution in [2.24, 2.45) is 78.6 Å². The summed E-state index contributed by atoms with van der Waals surface area (Å²) in [5.41, 5.74) is 44.8. The van der Waals surface area contributed by atoms with E-state index in [0.29, 0.717) is 18.5 Å². The second-order valence-corrected chi connectivity index (χ2v) is 24.5. The van der Waals surface area contributed by atoms with Gasteiger partial charge < -0.3 is 109 Å². The van der Waals surface area contributed by atoms with Crippen molar-refractivity contribution in [3.63, 3.8) is 0 Å². The maximum atomic E-state index is 14.4. The molecule has 0 bridgehead atoms. The number of aromatic amines is 1. The van der Waals surface area contributed by atoms with Gasteiger partial charge in [-0.1, -0.05) is 48.0 Å². The molecule has 0 aliphatic heterocycles. The first-order valence-electron chi connectivity index (χ1n) is 31.3. The molecule has 0 fully saturated rings. The number of primary amides is 1. The number of H-pyrrole nitrogens is 1. The van der Waals surface area contributed by atoms with Crippen LogP contribution in [0.25, 0.3) is 0 Å². The van der Waals surface area contributed by atoms with E-state index in [9.17, 15) is 57.5 Å². The van der Waals surface area contributed by atoms with E-state index in [2.05, 4.69) is 109 Å². The first-order valence-corrected chi connectivity index (χ1v) is 32.6. The summed E-state index contributed by atoms with van der Waals surface area (Å²) in [5, 5.41) is 28.4. The van der Waals surface area contributed by atoms with Gasteiger partial charge in [-0.2, -0.15) is 25.3 Å². The number of aliphatic imine (C=N–C) groups is 3. The van der Waals surface area contributed by atoms with Crippen LogP contribution in [0.3, 0.4) is 0 Å². The van der Waals surface area contributed by atoms with Crippen molar-refractivity contribution >= 4 is 114 Å². The number of carbonyl (C=O) groups is 12. The Kier molecular flexibility index (Phi) is 39.1. The molecule has 0 aliphatic rings. The van der Waals surface area contributed by atoms with Crippen molar-refractivity contribution in [1.29, 1.82) is 0 Å². The van der Waals surface area contributed by atoms with Crippen LogP contribution in [0.1, 0.15) is 126 Å². The van der Waals surface area contributed by atoms with Crippen LogP contribution in [-0.2, 0) is 64.0 Å². The molecule has 28 N–H and O–H groups in total. The number of thiol groups is 2. The van der Waals surface area contributed by atoms with Crippen LogP contribution in [0.15, 0.2) is 27.5 Å². The average molecular weight is 1380 g/mol. The monoisotopic (exact) mass is 1380 g/mol. The number of hydrogen-bond donors (Lipinski definition) is 22. The lowest BCUT2D eigenvalue weighted by Gasteiger charge is -2.29. The molecule has 95 heavy (non-hydrogen) atoms. The van der Waals surface area contributed by atoms with Gasteiger partial charge in [0.25, 0.3) is 0 Å². The molecule has 1 aromatic heterocycles. The number of imidazole rings is 1. The van der Waals surface area contributed by atoms with Gasteiger partial charge in [0.15, 0.2) is 17.9 Å². The number of nitrogens with two attached hydrogens (primary N) is 8. The smallest absolute Gasteiger partial charge is 0.244 e. The van der Waals surface area contributed by atoms with Crippen LogP contribution in [-0.4, -0.2) is 202 Å². The fraction of sp³-hybridized carbons (Fsp3) is 0.684. The molecule has 1 heterocycles. The Hall–Kier alpha value is -8.68. The van der Waals surface area contributed by atoms with Gasteiger partial charge in [0.05, 0.1) is 12.4 Å².